The molecule has 0 radical (unpaired) electrons. The van der Waals surface area contributed by atoms with Gasteiger partial charge in [0.1, 0.15) is 0 Å². The number of nitrogens with zero attached hydrogens (tertiary/aromatic N) is 6. The molecule has 0 saturated heterocycles. The predicted octanol–water partition coefficient (Wildman–Crippen LogP) is 32.2. The first kappa shape index (κ1) is 76.9. The van der Waals surface area contributed by atoms with Crippen LogP contribution in [-0.4, -0.2) is 13.7 Å². The molecule has 20 aromatic rings. The van der Waals surface area contributed by atoms with Crippen molar-refractivity contribution in [1.29, 1.82) is 0 Å². The van der Waals surface area contributed by atoms with E-state index >= 15 is 0 Å². The van der Waals surface area contributed by atoms with E-state index < -0.39 is 0 Å². The van der Waals surface area contributed by atoms with Crippen molar-refractivity contribution in [2.45, 2.75) is 77.0 Å². The van der Waals surface area contributed by atoms with Gasteiger partial charge < -0.3 is 28.4 Å². The first-order chi connectivity index (χ1) is 61.6. The van der Waals surface area contributed by atoms with Crippen molar-refractivity contribution in [2.75, 3.05) is 14.7 Å². The molecule has 4 aliphatic carbocycles. The van der Waals surface area contributed by atoms with Gasteiger partial charge in [0, 0.05) is 123 Å². The Balaban J connectivity index is 0.000000113. The second-order valence-electron chi connectivity index (χ2n) is 36.0. The fourth-order valence-corrected chi connectivity index (χ4v) is 21.5. The molecule has 0 aliphatic heterocycles. The Kier molecular flexibility index (Phi) is 18.5. The number of fused-ring (bicyclic) bond motifs is 18. The number of aromatic nitrogens is 3. The Labute approximate surface area is 738 Å². The average molecular weight is 1620 g/mol. The molecule has 0 fully saturated rings. The lowest BCUT2D eigenvalue weighted by Crippen LogP contribution is -2.17. The summed E-state index contributed by atoms with van der Waals surface area (Å²) in [5.74, 6) is 0. The van der Waals surface area contributed by atoms with Crippen LogP contribution in [0.5, 0.6) is 0 Å². The molecule has 17 aromatic carbocycles. The minimum absolute atomic E-state index is 0.0717. The summed E-state index contributed by atoms with van der Waals surface area (Å²) in [7, 11) is 0. The molecule has 3 aromatic heterocycles. The van der Waals surface area contributed by atoms with Gasteiger partial charge in [0.15, 0.2) is 0 Å². The lowest BCUT2D eigenvalue weighted by molar-refractivity contribution is 0.660. The van der Waals surface area contributed by atoms with Crippen LogP contribution in [-0.2, 0) is 21.7 Å². The number of benzene rings is 17. The van der Waals surface area contributed by atoms with Gasteiger partial charge in [0.25, 0.3) is 0 Å². The first-order valence-electron chi connectivity index (χ1n) is 44.1. The fraction of sp³-hybridized carbons (Fsp3) is 0.100. The highest BCUT2D eigenvalue weighted by atomic mass is 15.2. The summed E-state index contributed by atoms with van der Waals surface area (Å²) >= 11 is 0. The molecular weight excluding hydrogens is 1530 g/mol. The SMILES string of the molecule is CC1(C)c2ccccc2-c2c1c1cc(N(c3ccccc3)c3ccc(-c4ccccc4)cc3)ccc1n2-c1ccccc1.CC1(C)c2ccccc2-c2c1c1cc(N(c3ccccc3)c3ccccc3)ccc1n2-c1ccccc1.CC1(C)c2ccccc2-c2ccc(N(c3ccccc3)c3ccc4c(c3)c3c(n4-c4ccccc4)-c4ccccc4C3(C)C)cc21. The average Bonchev–Trinajstić information content (AvgIpc) is 1.54. The van der Waals surface area contributed by atoms with Gasteiger partial charge in [-0.25, -0.2) is 0 Å². The van der Waals surface area contributed by atoms with Crippen LogP contribution in [0.4, 0.5) is 51.2 Å². The van der Waals surface area contributed by atoms with E-state index in [-0.39, 0.29) is 21.7 Å². The van der Waals surface area contributed by atoms with Crippen molar-refractivity contribution in [3.63, 3.8) is 0 Å². The summed E-state index contributed by atoms with van der Waals surface area (Å²) in [4.78, 5) is 7.15. The Morgan fingerprint density at radius 1 is 0.175 bits per heavy atom. The van der Waals surface area contributed by atoms with Crippen molar-refractivity contribution in [1.82, 2.24) is 13.7 Å². The summed E-state index contributed by atoms with van der Waals surface area (Å²) in [5, 5.41) is 3.89. The van der Waals surface area contributed by atoms with Crippen LogP contribution in [0.2, 0.25) is 0 Å². The van der Waals surface area contributed by atoms with E-state index in [4.69, 9.17) is 0 Å². The largest absolute Gasteiger partial charge is 0.310 e. The van der Waals surface area contributed by atoms with Gasteiger partial charge in [-0.2, -0.15) is 0 Å². The Morgan fingerprint density at radius 2 is 0.405 bits per heavy atom. The van der Waals surface area contributed by atoms with E-state index in [1.54, 1.807) is 0 Å². The van der Waals surface area contributed by atoms with E-state index in [1.165, 1.54) is 156 Å². The van der Waals surface area contributed by atoms with E-state index in [1.807, 2.05) is 0 Å². The van der Waals surface area contributed by atoms with Crippen molar-refractivity contribution < 1.29 is 0 Å². The minimum Gasteiger partial charge on any atom is -0.310 e. The number of rotatable bonds is 13. The topological polar surface area (TPSA) is 24.5 Å². The summed E-state index contributed by atoms with van der Waals surface area (Å²) in [6, 6.07) is 158. The lowest BCUT2D eigenvalue weighted by atomic mass is 9.81. The molecule has 0 spiro atoms. The normalized spacial score (nSPS) is 13.8. The molecule has 6 nitrogen and oxygen atoms in total. The minimum atomic E-state index is -0.135. The maximum Gasteiger partial charge on any atom is 0.0585 e. The number of para-hydroxylation sites is 7. The van der Waals surface area contributed by atoms with Gasteiger partial charge in [-0.1, -0.05) is 328 Å². The molecule has 0 saturated carbocycles. The molecule has 0 unspecified atom stereocenters. The predicted molar refractivity (Wildman–Crippen MR) is 530 cm³/mol. The highest BCUT2D eigenvalue weighted by molar-refractivity contribution is 6.05. The molecule has 0 atom stereocenters. The summed E-state index contributed by atoms with van der Waals surface area (Å²) in [6.07, 6.45) is 0. The van der Waals surface area contributed by atoms with Crippen molar-refractivity contribution in [3.8, 4) is 73.1 Å². The Morgan fingerprint density at radius 3 is 0.738 bits per heavy atom. The summed E-state index contributed by atoms with van der Waals surface area (Å²) in [5.41, 5.74) is 41.3. The van der Waals surface area contributed by atoms with Crippen molar-refractivity contribution >= 4 is 83.9 Å². The van der Waals surface area contributed by atoms with E-state index in [0.717, 1.165) is 45.5 Å². The van der Waals surface area contributed by atoms with Crippen LogP contribution in [0, 0.1) is 0 Å². The third kappa shape index (κ3) is 12.4. The summed E-state index contributed by atoms with van der Waals surface area (Å²) < 4.78 is 7.39. The molecule has 24 rings (SSSR count). The molecule has 126 heavy (non-hydrogen) atoms. The maximum absolute atomic E-state index is 2.48. The van der Waals surface area contributed by atoms with Gasteiger partial charge >= 0.3 is 0 Å². The van der Waals surface area contributed by atoms with Crippen LogP contribution in [0.1, 0.15) is 99.9 Å². The Bertz CT molecular complexity index is 7490. The number of hydrogen-bond donors (Lipinski definition) is 0. The summed E-state index contributed by atoms with van der Waals surface area (Å²) in [6.45, 7) is 19.0. The Hall–Kier alpha value is -15.2. The molecule has 3 heterocycles. The molecular formula is C120H96N6. The standard InChI is InChI=1S/C44H36N2.C41H32N2.C35H28N2/c1-43(2)37-21-13-11-19-33(37)34-25-23-32(28-39(34)43)45(29-15-7-5-8-16-29)31-24-26-40-36(27-31)41-42(46(40)30-17-9-6-10-18-30)35-20-12-14-22-38(35)44(41,3)4;1-41(2)37-21-13-12-20-35(37)40-39(41)36-28-34(26-27-38(36)43(40)32-18-10-5-11-19-32)42(31-16-8-4-9-17-31)33-24-22-30(23-25-33)29-14-6-3-7-15-29;1-35(2)31-21-13-12-20-29(31)34-33(35)30-24-28(22-23-32(30)37(34)27-18-10-5-11-19-27)36(25-14-6-3-7-15-25)26-16-8-4-9-17-26/h5-28H,1-4H3;3-28H,1-2H3;3-24H,1-2H3. The van der Waals surface area contributed by atoms with E-state index in [2.05, 4.69) is 521 Å². The third-order valence-corrected chi connectivity index (χ3v) is 27.2. The van der Waals surface area contributed by atoms with Crippen molar-refractivity contribution in [3.05, 3.63) is 481 Å². The monoisotopic (exact) mass is 1620 g/mol. The highest BCUT2D eigenvalue weighted by Gasteiger charge is 2.45. The highest BCUT2D eigenvalue weighted by Crippen LogP contribution is 2.59. The van der Waals surface area contributed by atoms with E-state index in [9.17, 15) is 0 Å². The van der Waals surface area contributed by atoms with Crippen molar-refractivity contribution in [2.24, 2.45) is 0 Å². The molecule has 0 amide bonds. The quantitative estimate of drug-likeness (QED) is 0.115. The fourth-order valence-electron chi connectivity index (χ4n) is 21.5. The number of anilines is 9. The van der Waals surface area contributed by atoms with Crippen LogP contribution in [0.25, 0.3) is 106 Å². The molecule has 0 bridgehead atoms. The lowest BCUT2D eigenvalue weighted by Gasteiger charge is -2.28. The zero-order valence-electron chi connectivity index (χ0n) is 72.3. The molecule has 606 valence electrons. The van der Waals surface area contributed by atoms with Gasteiger partial charge in [-0.3, -0.25) is 0 Å². The smallest absolute Gasteiger partial charge is 0.0585 e. The van der Waals surface area contributed by atoms with Crippen LogP contribution in [0.15, 0.2) is 437 Å². The third-order valence-electron chi connectivity index (χ3n) is 27.2. The first-order valence-corrected chi connectivity index (χ1v) is 44.1. The maximum atomic E-state index is 2.48. The van der Waals surface area contributed by atoms with Gasteiger partial charge in [0.2, 0.25) is 0 Å². The molecule has 0 N–H and O–H groups in total. The second-order valence-corrected chi connectivity index (χ2v) is 36.0. The van der Waals surface area contributed by atoms with Gasteiger partial charge in [-0.05, 0) is 231 Å². The number of hydrogen-bond acceptors (Lipinski definition) is 3. The van der Waals surface area contributed by atoms with Gasteiger partial charge in [-0.15, -0.1) is 0 Å². The van der Waals surface area contributed by atoms with Crippen LogP contribution >= 0.6 is 0 Å². The molecule has 6 heteroatoms. The zero-order valence-corrected chi connectivity index (χ0v) is 72.3. The second kappa shape index (κ2) is 30.4. The zero-order chi connectivity index (χ0) is 85.2. The van der Waals surface area contributed by atoms with Gasteiger partial charge in [0.05, 0.1) is 33.6 Å². The van der Waals surface area contributed by atoms with Crippen LogP contribution in [0.3, 0.4) is 0 Å². The van der Waals surface area contributed by atoms with Crippen LogP contribution < -0.4 is 14.7 Å². The molecule has 4 aliphatic rings. The van der Waals surface area contributed by atoms with E-state index in [0.29, 0.717) is 0 Å².